The number of carbonyl (C=O) groups is 2. The van der Waals surface area contributed by atoms with Crippen molar-refractivity contribution < 1.29 is 9.59 Å². The zero-order chi connectivity index (χ0) is 15.0. The van der Waals surface area contributed by atoms with Crippen LogP contribution in [0.5, 0.6) is 0 Å². The average Bonchev–Trinajstić information content (AvgIpc) is 2.42. The molecule has 2 atom stereocenters. The van der Waals surface area contributed by atoms with Gasteiger partial charge in [0.15, 0.2) is 0 Å². The second kappa shape index (κ2) is 5.28. The van der Waals surface area contributed by atoms with E-state index in [0.717, 1.165) is 25.7 Å². The Morgan fingerprint density at radius 2 is 1.90 bits per heavy atom. The van der Waals surface area contributed by atoms with Crippen molar-refractivity contribution in [2.75, 3.05) is 0 Å². The molecule has 1 aromatic carbocycles. The van der Waals surface area contributed by atoms with Crippen molar-refractivity contribution in [2.24, 2.45) is 17.3 Å². The Bertz CT molecular complexity index is 578. The van der Waals surface area contributed by atoms with Crippen molar-refractivity contribution in [3.63, 3.8) is 0 Å². The van der Waals surface area contributed by atoms with Gasteiger partial charge in [-0.1, -0.05) is 38.1 Å². The molecule has 3 rings (SSSR count). The minimum absolute atomic E-state index is 0.0384. The fraction of sp³-hybridized carbons (Fsp3) is 0.556. The van der Waals surface area contributed by atoms with Gasteiger partial charge < -0.3 is 0 Å². The normalized spacial score (nSPS) is 28.6. The first-order chi connectivity index (χ1) is 10.00. The number of hydrogen-bond donors (Lipinski definition) is 1. The zero-order valence-corrected chi connectivity index (χ0v) is 12.8. The van der Waals surface area contributed by atoms with Crippen molar-refractivity contribution in [1.82, 2.24) is 5.32 Å². The van der Waals surface area contributed by atoms with Crippen LogP contribution in [0, 0.1) is 17.3 Å². The SMILES string of the molecule is CC(C)CC1C(=O)NC(=O)CC12CCc1ccccc1C2. The molecule has 1 heterocycles. The van der Waals surface area contributed by atoms with Gasteiger partial charge >= 0.3 is 0 Å². The first-order valence-corrected chi connectivity index (χ1v) is 7.91. The minimum Gasteiger partial charge on any atom is -0.296 e. The van der Waals surface area contributed by atoms with Crippen LogP contribution in [-0.2, 0) is 22.4 Å². The van der Waals surface area contributed by atoms with Gasteiger partial charge in [0.05, 0.1) is 0 Å². The minimum atomic E-state index is -0.169. The first-order valence-electron chi connectivity index (χ1n) is 7.91. The molecule has 0 saturated carbocycles. The maximum absolute atomic E-state index is 12.4. The smallest absolute Gasteiger partial charge is 0.230 e. The fourth-order valence-electron chi connectivity index (χ4n) is 4.09. The van der Waals surface area contributed by atoms with Crippen molar-refractivity contribution in [1.29, 1.82) is 0 Å². The van der Waals surface area contributed by atoms with E-state index >= 15 is 0 Å². The molecule has 1 N–H and O–H groups in total. The van der Waals surface area contributed by atoms with Crippen molar-refractivity contribution in [3.8, 4) is 0 Å². The van der Waals surface area contributed by atoms with E-state index in [4.69, 9.17) is 0 Å². The highest BCUT2D eigenvalue weighted by Gasteiger charge is 2.49. The van der Waals surface area contributed by atoms with E-state index in [-0.39, 0.29) is 23.1 Å². The van der Waals surface area contributed by atoms with Gasteiger partial charge in [0.25, 0.3) is 0 Å². The Morgan fingerprint density at radius 3 is 2.62 bits per heavy atom. The second-order valence-electron chi connectivity index (χ2n) is 7.08. The van der Waals surface area contributed by atoms with Crippen LogP contribution < -0.4 is 5.32 Å². The maximum atomic E-state index is 12.4. The molecule has 112 valence electrons. The molecule has 1 aliphatic carbocycles. The number of imide groups is 1. The molecule has 21 heavy (non-hydrogen) atoms. The summed E-state index contributed by atoms with van der Waals surface area (Å²) in [4.78, 5) is 24.4. The number of benzene rings is 1. The molecule has 1 saturated heterocycles. The zero-order valence-electron chi connectivity index (χ0n) is 12.8. The summed E-state index contributed by atoms with van der Waals surface area (Å²) in [6.07, 6.45) is 4.14. The van der Waals surface area contributed by atoms with Gasteiger partial charge in [-0.25, -0.2) is 0 Å². The fourth-order valence-corrected chi connectivity index (χ4v) is 4.09. The highest BCUT2D eigenvalue weighted by Crippen LogP contribution is 2.48. The third-order valence-corrected chi connectivity index (χ3v) is 5.09. The lowest BCUT2D eigenvalue weighted by Crippen LogP contribution is -2.54. The lowest BCUT2D eigenvalue weighted by atomic mass is 9.59. The molecule has 2 amide bonds. The number of piperidine rings is 1. The van der Waals surface area contributed by atoms with Gasteiger partial charge in [-0.05, 0) is 48.1 Å². The summed E-state index contributed by atoms with van der Waals surface area (Å²) in [6, 6.07) is 8.45. The molecule has 0 radical (unpaired) electrons. The Morgan fingerprint density at radius 1 is 1.19 bits per heavy atom. The standard InChI is InChI=1S/C18H23NO2/c1-12(2)9-15-17(21)19-16(20)11-18(15)8-7-13-5-3-4-6-14(13)10-18/h3-6,12,15H,7-11H2,1-2H3,(H,19,20,21). The topological polar surface area (TPSA) is 46.2 Å². The Hall–Kier alpha value is -1.64. The van der Waals surface area contributed by atoms with Crippen LogP contribution in [0.15, 0.2) is 24.3 Å². The first kappa shape index (κ1) is 14.3. The lowest BCUT2D eigenvalue weighted by Gasteiger charge is -2.46. The van der Waals surface area contributed by atoms with E-state index in [9.17, 15) is 9.59 Å². The maximum Gasteiger partial charge on any atom is 0.230 e. The molecule has 0 bridgehead atoms. The van der Waals surface area contributed by atoms with E-state index in [0.29, 0.717) is 12.3 Å². The summed E-state index contributed by atoms with van der Waals surface area (Å²) in [7, 11) is 0. The highest BCUT2D eigenvalue weighted by atomic mass is 16.2. The number of nitrogens with one attached hydrogen (secondary N) is 1. The van der Waals surface area contributed by atoms with Crippen LogP contribution in [0.1, 0.15) is 44.2 Å². The number of aryl methyl sites for hydroxylation is 1. The van der Waals surface area contributed by atoms with Crippen molar-refractivity contribution in [2.45, 2.75) is 46.0 Å². The number of rotatable bonds is 2. The predicted molar refractivity (Wildman–Crippen MR) is 81.6 cm³/mol. The number of carbonyl (C=O) groups excluding carboxylic acids is 2. The second-order valence-corrected chi connectivity index (χ2v) is 7.08. The monoisotopic (exact) mass is 285 g/mol. The molecule has 2 aliphatic rings. The molecular weight excluding hydrogens is 262 g/mol. The van der Waals surface area contributed by atoms with Crippen LogP contribution >= 0.6 is 0 Å². The molecule has 1 spiro atoms. The van der Waals surface area contributed by atoms with E-state index in [1.54, 1.807) is 0 Å². The van der Waals surface area contributed by atoms with Crippen LogP contribution in [0.3, 0.4) is 0 Å². The van der Waals surface area contributed by atoms with E-state index in [1.807, 2.05) is 0 Å². The summed E-state index contributed by atoms with van der Waals surface area (Å²) >= 11 is 0. The number of fused-ring (bicyclic) bond motifs is 1. The molecule has 2 unspecified atom stereocenters. The van der Waals surface area contributed by atoms with Gasteiger partial charge in [0, 0.05) is 12.3 Å². The third-order valence-electron chi connectivity index (χ3n) is 5.09. The van der Waals surface area contributed by atoms with Crippen LogP contribution in [-0.4, -0.2) is 11.8 Å². The Labute approximate surface area is 126 Å². The molecule has 1 aliphatic heterocycles. The molecule has 3 heteroatoms. The van der Waals surface area contributed by atoms with Crippen LogP contribution in [0.2, 0.25) is 0 Å². The quantitative estimate of drug-likeness (QED) is 0.849. The van der Waals surface area contributed by atoms with Gasteiger partial charge in [-0.15, -0.1) is 0 Å². The largest absolute Gasteiger partial charge is 0.296 e. The van der Waals surface area contributed by atoms with Gasteiger partial charge in [-0.3, -0.25) is 14.9 Å². The summed E-state index contributed by atoms with van der Waals surface area (Å²) in [5.74, 6) is 0.269. The van der Waals surface area contributed by atoms with Crippen molar-refractivity contribution in [3.05, 3.63) is 35.4 Å². The highest BCUT2D eigenvalue weighted by molar-refractivity contribution is 5.99. The lowest BCUT2D eigenvalue weighted by molar-refractivity contribution is -0.145. The average molecular weight is 285 g/mol. The number of hydrogen-bond acceptors (Lipinski definition) is 2. The van der Waals surface area contributed by atoms with Gasteiger partial charge in [0.2, 0.25) is 11.8 Å². The number of amides is 2. The molecule has 0 aromatic heterocycles. The Kier molecular flexibility index (Phi) is 3.60. The van der Waals surface area contributed by atoms with Gasteiger partial charge in [0.1, 0.15) is 0 Å². The Balaban J connectivity index is 1.96. The third kappa shape index (κ3) is 2.61. The molecule has 1 fully saturated rings. The van der Waals surface area contributed by atoms with E-state index in [2.05, 4.69) is 43.4 Å². The summed E-state index contributed by atoms with van der Waals surface area (Å²) in [5, 5.41) is 2.55. The molecule has 3 nitrogen and oxygen atoms in total. The molecular formula is C18H23NO2. The van der Waals surface area contributed by atoms with Gasteiger partial charge in [-0.2, -0.15) is 0 Å². The summed E-state index contributed by atoms with van der Waals surface area (Å²) in [6.45, 7) is 4.29. The summed E-state index contributed by atoms with van der Waals surface area (Å²) in [5.41, 5.74) is 2.53. The van der Waals surface area contributed by atoms with Crippen LogP contribution in [0.25, 0.3) is 0 Å². The molecule has 1 aromatic rings. The van der Waals surface area contributed by atoms with Crippen molar-refractivity contribution >= 4 is 11.8 Å². The summed E-state index contributed by atoms with van der Waals surface area (Å²) < 4.78 is 0. The van der Waals surface area contributed by atoms with Crippen LogP contribution in [0.4, 0.5) is 0 Å². The predicted octanol–water partition coefficient (Wildman–Crippen LogP) is 2.87. The van der Waals surface area contributed by atoms with E-state index < -0.39 is 0 Å². The van der Waals surface area contributed by atoms with E-state index in [1.165, 1.54) is 11.1 Å².